The summed E-state index contributed by atoms with van der Waals surface area (Å²) in [5.74, 6) is 3.05. The van der Waals surface area contributed by atoms with Gasteiger partial charge in [-0.05, 0) is 16.6 Å². The van der Waals surface area contributed by atoms with Gasteiger partial charge in [-0.25, -0.2) is 4.79 Å². The molecule has 23 heavy (non-hydrogen) atoms. The third-order valence-corrected chi connectivity index (χ3v) is 10.2. The molecule has 0 unspecified atom stereocenters. The molecule has 4 nitrogen and oxygen atoms in total. The molecule has 0 aromatic rings. The highest BCUT2D eigenvalue weighted by Gasteiger charge is 2.46. The first-order chi connectivity index (χ1) is 10.7. The summed E-state index contributed by atoms with van der Waals surface area (Å²) in [6, 6.07) is 0. The largest absolute Gasteiger partial charge is 0.500 e. The van der Waals surface area contributed by atoms with Gasteiger partial charge in [0.15, 0.2) is 0 Å². The van der Waals surface area contributed by atoms with Crippen molar-refractivity contribution < 1.29 is 14.0 Å². The lowest BCUT2D eigenvalue weighted by Gasteiger charge is -2.39. The van der Waals surface area contributed by atoms with Crippen molar-refractivity contribution in [2.24, 2.45) is 0 Å². The SMILES string of the molecule is C=CCN(CCC#CO[Si](C(C)C)(C(C)C)C(C)C)C(=O)OC. The van der Waals surface area contributed by atoms with Crippen LogP contribution in [0, 0.1) is 12.0 Å². The highest BCUT2D eigenvalue weighted by molar-refractivity contribution is 6.77. The van der Waals surface area contributed by atoms with Crippen LogP contribution in [0.15, 0.2) is 12.7 Å². The molecule has 0 saturated carbocycles. The molecule has 0 aliphatic rings. The van der Waals surface area contributed by atoms with Crippen molar-refractivity contribution in [2.45, 2.75) is 64.6 Å². The molecule has 0 rings (SSSR count). The molecule has 132 valence electrons. The molecule has 0 spiro atoms. The summed E-state index contributed by atoms with van der Waals surface area (Å²) < 4.78 is 10.9. The Hall–Kier alpha value is -1.41. The number of hydrogen-bond donors (Lipinski definition) is 0. The topological polar surface area (TPSA) is 38.8 Å². The van der Waals surface area contributed by atoms with Gasteiger partial charge in [-0.1, -0.05) is 53.5 Å². The van der Waals surface area contributed by atoms with Crippen LogP contribution in [0.3, 0.4) is 0 Å². The summed E-state index contributed by atoms with van der Waals surface area (Å²) in [5.41, 5.74) is 1.51. The summed E-state index contributed by atoms with van der Waals surface area (Å²) in [5, 5.41) is 0. The number of carbonyl (C=O) groups excluding carboxylic acids is 1. The van der Waals surface area contributed by atoms with E-state index in [0.29, 0.717) is 36.1 Å². The lowest BCUT2D eigenvalue weighted by molar-refractivity contribution is 0.129. The lowest BCUT2D eigenvalue weighted by Crippen LogP contribution is -2.46. The van der Waals surface area contributed by atoms with E-state index in [1.807, 2.05) is 0 Å². The molecule has 0 radical (unpaired) electrons. The maximum absolute atomic E-state index is 11.6. The number of amides is 1. The highest BCUT2D eigenvalue weighted by atomic mass is 28.4. The van der Waals surface area contributed by atoms with Crippen molar-refractivity contribution in [3.63, 3.8) is 0 Å². The Morgan fingerprint density at radius 1 is 1.17 bits per heavy atom. The average Bonchev–Trinajstić information content (AvgIpc) is 2.47. The second kappa shape index (κ2) is 10.4. The van der Waals surface area contributed by atoms with Crippen molar-refractivity contribution in [3.05, 3.63) is 12.7 Å². The van der Waals surface area contributed by atoms with Crippen LogP contribution in [0.5, 0.6) is 0 Å². The third-order valence-electron chi connectivity index (χ3n) is 4.30. The van der Waals surface area contributed by atoms with Crippen molar-refractivity contribution in [3.8, 4) is 12.0 Å². The van der Waals surface area contributed by atoms with Gasteiger partial charge < -0.3 is 14.1 Å². The normalized spacial score (nSPS) is 11.2. The summed E-state index contributed by atoms with van der Waals surface area (Å²) in [7, 11) is -0.568. The van der Waals surface area contributed by atoms with E-state index >= 15 is 0 Å². The Kier molecular flexibility index (Phi) is 9.74. The first-order valence-electron chi connectivity index (χ1n) is 8.33. The molecule has 1 amide bonds. The molecule has 0 fully saturated rings. The zero-order valence-corrected chi connectivity index (χ0v) is 16.8. The summed E-state index contributed by atoms with van der Waals surface area (Å²) in [6.07, 6.45) is 4.81. The zero-order valence-electron chi connectivity index (χ0n) is 15.8. The Morgan fingerprint density at radius 3 is 2.09 bits per heavy atom. The highest BCUT2D eigenvalue weighted by Crippen LogP contribution is 2.41. The fourth-order valence-corrected chi connectivity index (χ4v) is 8.22. The van der Waals surface area contributed by atoms with Crippen LogP contribution in [-0.4, -0.2) is 39.5 Å². The van der Waals surface area contributed by atoms with Gasteiger partial charge in [0.05, 0.1) is 13.2 Å². The van der Waals surface area contributed by atoms with Crippen molar-refractivity contribution in [1.82, 2.24) is 4.90 Å². The number of nitrogens with zero attached hydrogens (tertiary/aromatic N) is 1. The molecular weight excluding hydrogens is 306 g/mol. The molecule has 0 heterocycles. The fourth-order valence-electron chi connectivity index (χ4n) is 3.26. The lowest BCUT2D eigenvalue weighted by atomic mass is 10.4. The first kappa shape index (κ1) is 21.6. The summed E-state index contributed by atoms with van der Waals surface area (Å²) in [4.78, 5) is 13.1. The van der Waals surface area contributed by atoms with Crippen LogP contribution < -0.4 is 0 Å². The van der Waals surface area contributed by atoms with Crippen molar-refractivity contribution in [1.29, 1.82) is 0 Å². The maximum Gasteiger partial charge on any atom is 0.409 e. The predicted octanol–water partition coefficient (Wildman–Crippen LogP) is 4.78. The Bertz CT molecular complexity index is 414. The predicted molar refractivity (Wildman–Crippen MR) is 98.7 cm³/mol. The summed E-state index contributed by atoms with van der Waals surface area (Å²) >= 11 is 0. The molecule has 0 aromatic heterocycles. The molecule has 0 atom stereocenters. The number of hydrogen-bond acceptors (Lipinski definition) is 3. The molecule has 0 saturated heterocycles. The van der Waals surface area contributed by atoms with E-state index in [1.165, 1.54) is 7.11 Å². The maximum atomic E-state index is 11.6. The smallest absolute Gasteiger partial charge is 0.409 e. The minimum Gasteiger partial charge on any atom is -0.500 e. The minimum absolute atomic E-state index is 0.358. The third kappa shape index (κ3) is 5.95. The second-order valence-electron chi connectivity index (χ2n) is 6.65. The average molecular weight is 340 g/mol. The van der Waals surface area contributed by atoms with E-state index in [1.54, 1.807) is 11.0 Å². The van der Waals surface area contributed by atoms with Crippen LogP contribution in [0.25, 0.3) is 0 Å². The first-order valence-corrected chi connectivity index (χ1v) is 10.5. The second-order valence-corrected chi connectivity index (χ2v) is 12.0. The molecule has 5 heteroatoms. The Morgan fingerprint density at radius 2 is 1.70 bits per heavy atom. The summed E-state index contributed by atoms with van der Waals surface area (Å²) in [6.45, 7) is 18.0. The molecule has 0 N–H and O–H groups in total. The Labute approximate surface area is 143 Å². The van der Waals surface area contributed by atoms with Gasteiger partial charge >= 0.3 is 6.09 Å². The van der Waals surface area contributed by atoms with Crippen LogP contribution in [0.2, 0.25) is 16.6 Å². The van der Waals surface area contributed by atoms with E-state index in [4.69, 9.17) is 9.16 Å². The number of methoxy groups -OCH3 is 1. The van der Waals surface area contributed by atoms with Gasteiger partial charge in [0.1, 0.15) is 0 Å². The zero-order chi connectivity index (χ0) is 18.0. The van der Waals surface area contributed by atoms with E-state index in [9.17, 15) is 4.79 Å². The van der Waals surface area contributed by atoms with Gasteiger partial charge in [-0.3, -0.25) is 0 Å². The monoisotopic (exact) mass is 339 g/mol. The van der Waals surface area contributed by atoms with Gasteiger partial charge in [0, 0.05) is 19.5 Å². The van der Waals surface area contributed by atoms with Crippen molar-refractivity contribution in [2.75, 3.05) is 20.2 Å². The van der Waals surface area contributed by atoms with Gasteiger partial charge in [0.25, 0.3) is 8.32 Å². The molecule has 0 aliphatic carbocycles. The Balaban J connectivity index is 4.80. The van der Waals surface area contributed by atoms with E-state index in [2.05, 4.69) is 60.1 Å². The van der Waals surface area contributed by atoms with Crippen LogP contribution in [0.1, 0.15) is 48.0 Å². The van der Waals surface area contributed by atoms with E-state index in [0.717, 1.165) is 0 Å². The minimum atomic E-state index is -1.94. The molecule has 0 aromatic carbocycles. The van der Waals surface area contributed by atoms with Crippen LogP contribution in [0.4, 0.5) is 4.79 Å². The standard InChI is InChI=1S/C18H33NO3Si/c1-9-12-19(18(20)21-8)13-10-11-14-22-23(15(2)3,16(4)5)17(6)7/h9,15-17H,1,10,12-13H2,2-8H3. The van der Waals surface area contributed by atoms with Crippen LogP contribution >= 0.6 is 0 Å². The number of rotatable bonds is 8. The van der Waals surface area contributed by atoms with Crippen LogP contribution in [-0.2, 0) is 9.16 Å². The molecular formula is C18H33NO3Si. The van der Waals surface area contributed by atoms with Gasteiger partial charge in [-0.15, -0.1) is 6.58 Å². The van der Waals surface area contributed by atoms with E-state index < -0.39 is 8.32 Å². The van der Waals surface area contributed by atoms with Gasteiger partial charge in [-0.2, -0.15) is 0 Å². The van der Waals surface area contributed by atoms with Gasteiger partial charge in [0.2, 0.25) is 0 Å². The molecule has 0 aliphatic heterocycles. The quantitative estimate of drug-likeness (QED) is 0.363. The number of carbonyl (C=O) groups is 1. The fraction of sp³-hybridized carbons (Fsp3) is 0.722. The molecule has 0 bridgehead atoms. The number of ether oxygens (including phenoxy) is 1. The van der Waals surface area contributed by atoms with Crippen molar-refractivity contribution >= 4 is 14.4 Å². The van der Waals surface area contributed by atoms with E-state index in [-0.39, 0.29) is 6.09 Å².